The molecule has 0 aromatic heterocycles. The molecule has 7 heteroatoms. The Kier molecular flexibility index (Phi) is 5.34. The number of nitrogens with one attached hydrogen (secondary N) is 1. The summed E-state index contributed by atoms with van der Waals surface area (Å²) in [5.41, 5.74) is -0.407. The lowest BCUT2D eigenvalue weighted by Gasteiger charge is -2.27. The lowest BCUT2D eigenvalue weighted by molar-refractivity contribution is -0.138. The summed E-state index contributed by atoms with van der Waals surface area (Å²) in [4.78, 5) is 14.0. The molecule has 2 N–H and O–H groups in total. The highest BCUT2D eigenvalue weighted by atomic mass is 19.4. The normalized spacial score (nSPS) is 25.0. The van der Waals surface area contributed by atoms with Crippen LogP contribution in [0.4, 0.5) is 13.2 Å². The fourth-order valence-corrected chi connectivity index (χ4v) is 3.58. The Balaban J connectivity index is 1.65. The van der Waals surface area contributed by atoms with E-state index >= 15 is 0 Å². The van der Waals surface area contributed by atoms with Crippen molar-refractivity contribution in [3.05, 3.63) is 35.4 Å². The van der Waals surface area contributed by atoms with Gasteiger partial charge in [-0.2, -0.15) is 13.2 Å². The molecule has 1 aliphatic carbocycles. The molecule has 1 heterocycles. The van der Waals surface area contributed by atoms with Crippen molar-refractivity contribution in [2.75, 3.05) is 19.7 Å². The average Bonchev–Trinajstić information content (AvgIpc) is 2.86. The molecule has 25 heavy (non-hydrogen) atoms. The lowest BCUT2D eigenvalue weighted by atomic mass is 9.84. The highest BCUT2D eigenvalue weighted by Crippen LogP contribution is 2.33. The number of rotatable bonds is 5. The van der Waals surface area contributed by atoms with Crippen LogP contribution in [0.2, 0.25) is 0 Å². The van der Waals surface area contributed by atoms with Gasteiger partial charge in [0.25, 0.3) is 0 Å². The van der Waals surface area contributed by atoms with Crippen LogP contribution in [-0.4, -0.2) is 41.7 Å². The third-order valence-electron chi connectivity index (χ3n) is 5.27. The first-order chi connectivity index (χ1) is 11.9. The zero-order chi connectivity index (χ0) is 18.0. The van der Waals surface area contributed by atoms with E-state index in [9.17, 15) is 23.1 Å². The van der Waals surface area contributed by atoms with Crippen LogP contribution in [0.1, 0.15) is 30.4 Å². The van der Waals surface area contributed by atoms with Crippen LogP contribution in [0.15, 0.2) is 24.3 Å². The van der Waals surface area contributed by atoms with Crippen LogP contribution in [0, 0.1) is 11.8 Å². The minimum absolute atomic E-state index is 0.00671. The largest absolute Gasteiger partial charge is 0.416 e. The molecule has 0 unspecified atom stereocenters. The Morgan fingerprint density at radius 1 is 1.24 bits per heavy atom. The number of likely N-dealkylation sites (tertiary alicyclic amines) is 1. The SMILES string of the molecule is O=C(N[C@@H]1CN(Cc2ccccc2C(F)(F)F)C[C@H]1CO)C1CCC1. The predicted molar refractivity (Wildman–Crippen MR) is 86.6 cm³/mol. The maximum absolute atomic E-state index is 13.1. The number of aliphatic hydroxyl groups is 1. The topological polar surface area (TPSA) is 52.6 Å². The number of hydrogen-bond donors (Lipinski definition) is 2. The molecular weight excluding hydrogens is 333 g/mol. The monoisotopic (exact) mass is 356 g/mol. The summed E-state index contributed by atoms with van der Waals surface area (Å²) in [6.45, 7) is 0.989. The van der Waals surface area contributed by atoms with E-state index in [2.05, 4.69) is 5.32 Å². The van der Waals surface area contributed by atoms with Crippen molar-refractivity contribution in [3.8, 4) is 0 Å². The van der Waals surface area contributed by atoms with E-state index in [4.69, 9.17) is 0 Å². The van der Waals surface area contributed by atoms with Crippen molar-refractivity contribution in [1.29, 1.82) is 0 Å². The van der Waals surface area contributed by atoms with Crippen LogP contribution < -0.4 is 5.32 Å². The van der Waals surface area contributed by atoms with Gasteiger partial charge < -0.3 is 10.4 Å². The molecule has 0 spiro atoms. The molecule has 2 aliphatic rings. The van der Waals surface area contributed by atoms with E-state index in [1.54, 1.807) is 6.07 Å². The number of nitrogens with zero attached hydrogens (tertiary/aromatic N) is 1. The molecule has 1 amide bonds. The van der Waals surface area contributed by atoms with Crippen molar-refractivity contribution in [3.63, 3.8) is 0 Å². The number of halogens is 3. The number of alkyl halides is 3. The minimum atomic E-state index is -4.38. The first kappa shape index (κ1) is 18.2. The van der Waals surface area contributed by atoms with Gasteiger partial charge >= 0.3 is 6.18 Å². The van der Waals surface area contributed by atoms with Gasteiger partial charge in [-0.1, -0.05) is 24.6 Å². The number of carbonyl (C=O) groups is 1. The first-order valence-corrected chi connectivity index (χ1v) is 8.67. The molecule has 0 radical (unpaired) electrons. The lowest BCUT2D eigenvalue weighted by Crippen LogP contribution is -2.45. The van der Waals surface area contributed by atoms with Crippen LogP contribution in [0.3, 0.4) is 0 Å². The summed E-state index contributed by atoms with van der Waals surface area (Å²) in [7, 11) is 0. The molecule has 3 rings (SSSR count). The standard InChI is InChI=1S/C18H23F3N2O2/c19-18(20,21)15-7-2-1-4-13(15)8-23-9-14(11-24)16(10-23)22-17(25)12-5-3-6-12/h1-2,4,7,12,14,16,24H,3,5-6,8-11H2,(H,22,25)/t14-,16+/m0/s1. The summed E-state index contributed by atoms with van der Waals surface area (Å²) in [6, 6.07) is 5.34. The van der Waals surface area contributed by atoms with E-state index in [-0.39, 0.29) is 42.5 Å². The van der Waals surface area contributed by atoms with Crippen molar-refractivity contribution in [1.82, 2.24) is 10.2 Å². The Bertz CT molecular complexity index is 617. The first-order valence-electron chi connectivity index (χ1n) is 8.67. The van der Waals surface area contributed by atoms with Gasteiger partial charge in [0, 0.05) is 44.1 Å². The number of benzene rings is 1. The van der Waals surface area contributed by atoms with E-state index in [1.807, 2.05) is 4.90 Å². The van der Waals surface area contributed by atoms with Gasteiger partial charge in [0.2, 0.25) is 5.91 Å². The van der Waals surface area contributed by atoms with Crippen LogP contribution in [0.5, 0.6) is 0 Å². The van der Waals surface area contributed by atoms with Gasteiger partial charge in [0.15, 0.2) is 0 Å². The number of amides is 1. The smallest absolute Gasteiger partial charge is 0.396 e. The predicted octanol–water partition coefficient (Wildman–Crippen LogP) is 2.41. The minimum Gasteiger partial charge on any atom is -0.396 e. The van der Waals surface area contributed by atoms with Crippen molar-refractivity contribution in [2.24, 2.45) is 11.8 Å². The Labute approximate surface area is 145 Å². The Morgan fingerprint density at radius 2 is 1.96 bits per heavy atom. The van der Waals surface area contributed by atoms with Gasteiger partial charge in [-0.05, 0) is 24.5 Å². The van der Waals surface area contributed by atoms with Gasteiger partial charge in [-0.25, -0.2) is 0 Å². The zero-order valence-electron chi connectivity index (χ0n) is 13.9. The molecule has 1 saturated heterocycles. The summed E-state index contributed by atoms with van der Waals surface area (Å²) >= 11 is 0. The maximum Gasteiger partial charge on any atom is 0.416 e. The molecule has 2 fully saturated rings. The van der Waals surface area contributed by atoms with Gasteiger partial charge in [-0.15, -0.1) is 0 Å². The van der Waals surface area contributed by atoms with Crippen LogP contribution in [-0.2, 0) is 17.5 Å². The third-order valence-corrected chi connectivity index (χ3v) is 5.27. The second-order valence-electron chi connectivity index (χ2n) is 7.03. The fraction of sp³-hybridized carbons (Fsp3) is 0.611. The number of aliphatic hydroxyl groups excluding tert-OH is 1. The summed E-state index contributed by atoms with van der Waals surface area (Å²) in [6.07, 6.45) is -1.53. The van der Waals surface area contributed by atoms with Gasteiger partial charge in [0.1, 0.15) is 0 Å². The highest BCUT2D eigenvalue weighted by Gasteiger charge is 2.37. The second-order valence-corrected chi connectivity index (χ2v) is 7.03. The third kappa shape index (κ3) is 4.15. The maximum atomic E-state index is 13.1. The Hall–Kier alpha value is -1.60. The summed E-state index contributed by atoms with van der Waals surface area (Å²) < 4.78 is 39.4. The molecule has 1 saturated carbocycles. The van der Waals surface area contributed by atoms with E-state index in [1.165, 1.54) is 12.1 Å². The van der Waals surface area contributed by atoms with Crippen LogP contribution >= 0.6 is 0 Å². The summed E-state index contributed by atoms with van der Waals surface area (Å²) in [5, 5.41) is 12.5. The average molecular weight is 356 g/mol. The molecule has 2 atom stereocenters. The zero-order valence-corrected chi connectivity index (χ0v) is 13.9. The Morgan fingerprint density at radius 3 is 2.56 bits per heavy atom. The van der Waals surface area contributed by atoms with Crippen molar-refractivity contribution >= 4 is 5.91 Å². The molecular formula is C18H23F3N2O2. The van der Waals surface area contributed by atoms with Crippen molar-refractivity contribution in [2.45, 2.75) is 38.0 Å². The molecule has 4 nitrogen and oxygen atoms in total. The fourth-order valence-electron chi connectivity index (χ4n) is 3.58. The van der Waals surface area contributed by atoms with Crippen molar-refractivity contribution < 1.29 is 23.1 Å². The molecule has 1 aromatic rings. The molecule has 1 aromatic carbocycles. The quantitative estimate of drug-likeness (QED) is 0.852. The van der Waals surface area contributed by atoms with Gasteiger partial charge in [0.05, 0.1) is 5.56 Å². The van der Waals surface area contributed by atoms with E-state index < -0.39 is 11.7 Å². The highest BCUT2D eigenvalue weighted by molar-refractivity contribution is 5.79. The van der Waals surface area contributed by atoms with Crippen LogP contribution in [0.25, 0.3) is 0 Å². The van der Waals surface area contributed by atoms with E-state index in [0.29, 0.717) is 13.1 Å². The molecule has 1 aliphatic heterocycles. The summed E-state index contributed by atoms with van der Waals surface area (Å²) in [5.74, 6) is -0.0892. The van der Waals surface area contributed by atoms with E-state index in [0.717, 1.165) is 25.3 Å². The number of hydrogen-bond acceptors (Lipinski definition) is 3. The second kappa shape index (κ2) is 7.33. The molecule has 0 bridgehead atoms. The number of carbonyl (C=O) groups excluding carboxylic acids is 1. The molecule has 138 valence electrons. The van der Waals surface area contributed by atoms with Gasteiger partial charge in [-0.3, -0.25) is 9.69 Å².